The first-order valence-corrected chi connectivity index (χ1v) is 16.5. The van der Waals surface area contributed by atoms with Crippen LogP contribution in [0.15, 0.2) is 83.9 Å². The van der Waals surface area contributed by atoms with E-state index in [1.54, 1.807) is 60.4 Å². The highest BCUT2D eigenvalue weighted by Gasteiger charge is 2.33. The average Bonchev–Trinajstić information content (AvgIpc) is 3.36. The molecule has 0 saturated carbocycles. The van der Waals surface area contributed by atoms with Crippen LogP contribution in [0.2, 0.25) is 0 Å². The van der Waals surface area contributed by atoms with Crippen molar-refractivity contribution in [1.29, 1.82) is 0 Å². The molecule has 0 aliphatic carbocycles. The number of nitrogens with zero attached hydrogens (tertiary/aromatic N) is 3. The standard InChI is InChI=1S/C34H40N4O6S/c1-23-19-38(24(2)22-39)34(41)18-25-16-27(35-33(40)17-26-20-36(3)30-13-9-8-12-29(26)30)14-15-31(25)44-32(23)21-37(4)45(42,43)28-10-6-5-7-11-28/h5-16,20,23-24,32,39H,17-19,21-22H2,1-4H3,(H,35,40)/t23-,24-,32+/m1/s1. The molecule has 0 spiro atoms. The van der Waals surface area contributed by atoms with Gasteiger partial charge in [0, 0.05) is 54.9 Å². The summed E-state index contributed by atoms with van der Waals surface area (Å²) in [7, 11) is -0.329. The second-order valence-electron chi connectivity index (χ2n) is 11.8. The molecule has 2 heterocycles. The Kier molecular flexibility index (Phi) is 9.62. The molecule has 2 amide bonds. The van der Waals surface area contributed by atoms with E-state index in [0.29, 0.717) is 17.0 Å². The van der Waals surface area contributed by atoms with Crippen LogP contribution in [0.4, 0.5) is 5.69 Å². The minimum atomic E-state index is -3.79. The maximum atomic E-state index is 13.6. The zero-order valence-electron chi connectivity index (χ0n) is 26.0. The highest BCUT2D eigenvalue weighted by molar-refractivity contribution is 7.89. The highest BCUT2D eigenvalue weighted by Crippen LogP contribution is 2.30. The van der Waals surface area contributed by atoms with Gasteiger partial charge < -0.3 is 24.6 Å². The molecule has 0 fully saturated rings. The number of nitrogens with one attached hydrogen (secondary N) is 1. The fraction of sp³-hybridized carbons (Fsp3) is 0.353. The number of carbonyl (C=O) groups excluding carboxylic acids is 2. The SMILES string of the molecule is C[C@@H]1CN([C@H](C)CO)C(=O)Cc2cc(NC(=O)Cc3cn(C)c4ccccc34)ccc2O[C@H]1CN(C)S(=O)(=O)c1ccccc1. The van der Waals surface area contributed by atoms with E-state index < -0.39 is 22.2 Å². The smallest absolute Gasteiger partial charge is 0.242 e. The molecule has 1 aliphatic rings. The summed E-state index contributed by atoms with van der Waals surface area (Å²) in [6.07, 6.45) is 1.51. The van der Waals surface area contributed by atoms with E-state index in [9.17, 15) is 23.1 Å². The minimum absolute atomic E-state index is 0.00962. The van der Waals surface area contributed by atoms with Crippen LogP contribution in [0.1, 0.15) is 25.0 Å². The first-order valence-electron chi connectivity index (χ1n) is 15.0. The van der Waals surface area contributed by atoms with Gasteiger partial charge in [-0.15, -0.1) is 0 Å². The number of carbonyl (C=O) groups is 2. The van der Waals surface area contributed by atoms with Crippen LogP contribution in [0.25, 0.3) is 10.9 Å². The Morgan fingerprint density at radius 2 is 1.82 bits per heavy atom. The Bertz CT molecular complexity index is 1790. The van der Waals surface area contributed by atoms with Gasteiger partial charge in [0.15, 0.2) is 0 Å². The zero-order chi connectivity index (χ0) is 32.3. The molecule has 0 unspecified atom stereocenters. The number of fused-ring (bicyclic) bond motifs is 2. The number of likely N-dealkylation sites (N-methyl/N-ethyl adjacent to an activating group) is 1. The van der Waals surface area contributed by atoms with Crippen molar-refractivity contribution in [2.75, 3.05) is 32.1 Å². The predicted molar refractivity (Wildman–Crippen MR) is 173 cm³/mol. The van der Waals surface area contributed by atoms with Crippen LogP contribution in [0.3, 0.4) is 0 Å². The van der Waals surface area contributed by atoms with Gasteiger partial charge in [0.2, 0.25) is 21.8 Å². The summed E-state index contributed by atoms with van der Waals surface area (Å²) in [5, 5.41) is 13.9. The third-order valence-electron chi connectivity index (χ3n) is 8.42. The predicted octanol–water partition coefficient (Wildman–Crippen LogP) is 3.83. The van der Waals surface area contributed by atoms with Gasteiger partial charge in [-0.25, -0.2) is 8.42 Å². The van der Waals surface area contributed by atoms with Crippen molar-refractivity contribution in [2.45, 2.75) is 43.7 Å². The summed E-state index contributed by atoms with van der Waals surface area (Å²) in [6.45, 7) is 3.77. The number of amides is 2. The van der Waals surface area contributed by atoms with Crippen molar-refractivity contribution in [2.24, 2.45) is 13.0 Å². The van der Waals surface area contributed by atoms with E-state index in [0.717, 1.165) is 16.5 Å². The number of hydrogen-bond acceptors (Lipinski definition) is 6. The maximum Gasteiger partial charge on any atom is 0.242 e. The summed E-state index contributed by atoms with van der Waals surface area (Å²) >= 11 is 0. The summed E-state index contributed by atoms with van der Waals surface area (Å²) < 4.78 is 36.4. The van der Waals surface area contributed by atoms with Crippen molar-refractivity contribution in [3.05, 3.63) is 90.1 Å². The maximum absolute atomic E-state index is 13.6. The first-order chi connectivity index (χ1) is 21.5. The molecule has 0 saturated heterocycles. The number of ether oxygens (including phenoxy) is 1. The number of hydrogen-bond donors (Lipinski definition) is 2. The van der Waals surface area contributed by atoms with Crippen LogP contribution >= 0.6 is 0 Å². The Labute approximate surface area is 264 Å². The fourth-order valence-corrected chi connectivity index (χ4v) is 7.00. The number of anilines is 1. The number of aryl methyl sites for hydroxylation is 1. The van der Waals surface area contributed by atoms with E-state index in [1.807, 2.05) is 49.0 Å². The Morgan fingerprint density at radius 3 is 2.56 bits per heavy atom. The van der Waals surface area contributed by atoms with Crippen molar-refractivity contribution >= 4 is 38.4 Å². The van der Waals surface area contributed by atoms with Gasteiger partial charge in [-0.05, 0) is 48.9 Å². The fourth-order valence-electron chi connectivity index (χ4n) is 5.79. The molecule has 4 aromatic rings. The molecule has 45 heavy (non-hydrogen) atoms. The summed E-state index contributed by atoms with van der Waals surface area (Å²) in [4.78, 5) is 28.5. The molecule has 5 rings (SSSR count). The van der Waals surface area contributed by atoms with E-state index in [4.69, 9.17) is 4.74 Å². The molecule has 3 aromatic carbocycles. The summed E-state index contributed by atoms with van der Waals surface area (Å²) in [5.74, 6) is -0.228. The van der Waals surface area contributed by atoms with Gasteiger partial charge in [0.1, 0.15) is 11.9 Å². The number of benzene rings is 3. The van der Waals surface area contributed by atoms with E-state index >= 15 is 0 Å². The number of aromatic nitrogens is 1. The largest absolute Gasteiger partial charge is 0.488 e. The van der Waals surface area contributed by atoms with Gasteiger partial charge in [0.25, 0.3) is 0 Å². The molecular formula is C34H40N4O6S. The van der Waals surface area contributed by atoms with Crippen LogP contribution in [0.5, 0.6) is 5.75 Å². The molecule has 2 N–H and O–H groups in total. The summed E-state index contributed by atoms with van der Waals surface area (Å²) in [6, 6.07) is 20.8. The summed E-state index contributed by atoms with van der Waals surface area (Å²) in [5.41, 5.74) is 3.03. The minimum Gasteiger partial charge on any atom is -0.488 e. The van der Waals surface area contributed by atoms with Crippen molar-refractivity contribution in [1.82, 2.24) is 13.8 Å². The second kappa shape index (κ2) is 13.4. The average molecular weight is 633 g/mol. The lowest BCUT2D eigenvalue weighted by Crippen LogP contribution is -2.48. The van der Waals surface area contributed by atoms with Crippen molar-refractivity contribution in [3.8, 4) is 5.75 Å². The van der Waals surface area contributed by atoms with Crippen LogP contribution in [0, 0.1) is 5.92 Å². The van der Waals surface area contributed by atoms with Gasteiger partial charge in [0.05, 0.1) is 36.9 Å². The third kappa shape index (κ3) is 7.06. The zero-order valence-corrected chi connectivity index (χ0v) is 26.8. The molecule has 3 atom stereocenters. The number of sulfonamides is 1. The van der Waals surface area contributed by atoms with Gasteiger partial charge >= 0.3 is 0 Å². The first kappa shape index (κ1) is 32.2. The Hall–Kier alpha value is -4.19. The molecule has 11 heteroatoms. The van der Waals surface area contributed by atoms with E-state index in [2.05, 4.69) is 5.32 Å². The lowest BCUT2D eigenvalue weighted by molar-refractivity contribution is -0.134. The van der Waals surface area contributed by atoms with Gasteiger partial charge in [-0.3, -0.25) is 9.59 Å². The van der Waals surface area contributed by atoms with Crippen LogP contribution in [-0.4, -0.2) is 78.0 Å². The number of para-hydroxylation sites is 1. The number of rotatable bonds is 9. The van der Waals surface area contributed by atoms with Crippen molar-refractivity contribution < 1.29 is 27.9 Å². The van der Waals surface area contributed by atoms with Crippen LogP contribution in [-0.2, 0) is 39.5 Å². The molecule has 10 nitrogen and oxygen atoms in total. The van der Waals surface area contributed by atoms with Crippen molar-refractivity contribution in [3.63, 3.8) is 0 Å². The molecule has 238 valence electrons. The molecule has 1 aromatic heterocycles. The Morgan fingerprint density at radius 1 is 1.11 bits per heavy atom. The lowest BCUT2D eigenvalue weighted by Gasteiger charge is -2.33. The molecule has 0 radical (unpaired) electrons. The quantitative estimate of drug-likeness (QED) is 0.290. The monoisotopic (exact) mass is 632 g/mol. The second-order valence-corrected chi connectivity index (χ2v) is 13.9. The van der Waals surface area contributed by atoms with Gasteiger partial charge in [-0.2, -0.15) is 4.31 Å². The van der Waals surface area contributed by atoms with Gasteiger partial charge in [-0.1, -0.05) is 43.3 Å². The number of aliphatic hydroxyl groups is 1. The molecular weight excluding hydrogens is 592 g/mol. The topological polar surface area (TPSA) is 121 Å². The van der Waals surface area contributed by atoms with E-state index in [1.165, 1.54) is 11.4 Å². The Balaban J connectivity index is 1.41. The molecule has 1 aliphatic heterocycles. The number of aliphatic hydroxyl groups excluding tert-OH is 1. The normalized spacial score (nSPS) is 18.1. The van der Waals surface area contributed by atoms with E-state index in [-0.39, 0.29) is 55.2 Å². The lowest BCUT2D eigenvalue weighted by atomic mass is 10.0. The third-order valence-corrected chi connectivity index (χ3v) is 10.3. The van der Waals surface area contributed by atoms with Crippen LogP contribution < -0.4 is 10.1 Å². The molecule has 0 bridgehead atoms. The highest BCUT2D eigenvalue weighted by atomic mass is 32.2.